The Hall–Kier alpha value is -5.28. The van der Waals surface area contributed by atoms with Gasteiger partial charge in [-0.2, -0.15) is 0 Å². The lowest BCUT2D eigenvalue weighted by Crippen LogP contribution is -1.99. The SMILES string of the molecule is c1ccc(-c2cc(-c3ccccc3)cc(-c3nc4c(-c5ccccc5)ccnc4n3-c3ccccc3)c2)cc1. The van der Waals surface area contributed by atoms with Crippen molar-refractivity contribution >= 4 is 11.2 Å². The number of hydrogen-bond acceptors (Lipinski definition) is 2. The Morgan fingerprint density at radius 2 is 0.923 bits per heavy atom. The average molecular weight is 500 g/mol. The molecule has 2 aromatic heterocycles. The fourth-order valence-electron chi connectivity index (χ4n) is 5.19. The molecule has 0 saturated carbocycles. The van der Waals surface area contributed by atoms with Gasteiger partial charge in [0.1, 0.15) is 11.3 Å². The lowest BCUT2D eigenvalue weighted by Gasteiger charge is -2.13. The van der Waals surface area contributed by atoms with E-state index in [0.29, 0.717) is 0 Å². The molecule has 0 bridgehead atoms. The first-order valence-electron chi connectivity index (χ1n) is 13.1. The molecular formula is C36H25N3. The minimum atomic E-state index is 0.837. The Labute approximate surface area is 227 Å². The third-order valence-corrected chi connectivity index (χ3v) is 7.05. The molecule has 0 aliphatic rings. The second-order valence-electron chi connectivity index (χ2n) is 9.53. The number of fused-ring (bicyclic) bond motifs is 1. The zero-order valence-electron chi connectivity index (χ0n) is 21.3. The Morgan fingerprint density at radius 1 is 0.436 bits per heavy atom. The van der Waals surface area contributed by atoms with Crippen LogP contribution < -0.4 is 0 Å². The van der Waals surface area contributed by atoms with Crippen LogP contribution in [0.1, 0.15) is 0 Å². The summed E-state index contributed by atoms with van der Waals surface area (Å²) in [5, 5.41) is 0. The second kappa shape index (κ2) is 9.88. The molecule has 0 radical (unpaired) electrons. The van der Waals surface area contributed by atoms with Crippen molar-refractivity contribution in [1.29, 1.82) is 0 Å². The van der Waals surface area contributed by atoms with E-state index in [1.807, 2.05) is 18.3 Å². The van der Waals surface area contributed by atoms with Gasteiger partial charge in [-0.15, -0.1) is 0 Å². The largest absolute Gasteiger partial charge is 0.277 e. The molecule has 7 aromatic rings. The van der Waals surface area contributed by atoms with E-state index in [0.717, 1.165) is 50.5 Å². The van der Waals surface area contributed by atoms with Crippen LogP contribution in [0, 0.1) is 0 Å². The first kappa shape index (κ1) is 22.9. The quantitative estimate of drug-likeness (QED) is 0.236. The van der Waals surface area contributed by atoms with Crippen LogP contribution in [0.5, 0.6) is 0 Å². The van der Waals surface area contributed by atoms with Crippen molar-refractivity contribution in [1.82, 2.24) is 14.5 Å². The number of benzene rings is 5. The van der Waals surface area contributed by atoms with Gasteiger partial charge in [0.05, 0.1) is 0 Å². The third-order valence-electron chi connectivity index (χ3n) is 7.05. The van der Waals surface area contributed by atoms with Gasteiger partial charge in [0, 0.05) is 23.0 Å². The molecule has 39 heavy (non-hydrogen) atoms. The highest BCUT2D eigenvalue weighted by Crippen LogP contribution is 2.37. The van der Waals surface area contributed by atoms with Gasteiger partial charge in [-0.1, -0.05) is 109 Å². The van der Waals surface area contributed by atoms with Crippen LogP contribution in [0.15, 0.2) is 152 Å². The molecule has 2 heterocycles. The summed E-state index contributed by atoms with van der Waals surface area (Å²) in [6.07, 6.45) is 1.88. The molecule has 184 valence electrons. The molecule has 7 rings (SSSR count). The highest BCUT2D eigenvalue weighted by Gasteiger charge is 2.20. The van der Waals surface area contributed by atoms with Gasteiger partial charge in [0.15, 0.2) is 5.65 Å². The van der Waals surface area contributed by atoms with Crippen molar-refractivity contribution < 1.29 is 0 Å². The van der Waals surface area contributed by atoms with Gasteiger partial charge in [-0.25, -0.2) is 9.97 Å². The van der Waals surface area contributed by atoms with E-state index in [2.05, 4.69) is 138 Å². The lowest BCUT2D eigenvalue weighted by atomic mass is 9.96. The summed E-state index contributed by atoms with van der Waals surface area (Å²) < 4.78 is 2.18. The molecule has 0 N–H and O–H groups in total. The highest BCUT2D eigenvalue weighted by molar-refractivity contribution is 5.94. The van der Waals surface area contributed by atoms with Gasteiger partial charge in [0.25, 0.3) is 0 Å². The van der Waals surface area contributed by atoms with Crippen LogP contribution in [0.2, 0.25) is 0 Å². The fourth-order valence-corrected chi connectivity index (χ4v) is 5.19. The smallest absolute Gasteiger partial charge is 0.165 e. The maximum Gasteiger partial charge on any atom is 0.165 e. The maximum atomic E-state index is 5.31. The Morgan fingerprint density at radius 3 is 1.49 bits per heavy atom. The first-order valence-corrected chi connectivity index (χ1v) is 13.1. The van der Waals surface area contributed by atoms with Crippen molar-refractivity contribution in [2.75, 3.05) is 0 Å². The van der Waals surface area contributed by atoms with Crippen molar-refractivity contribution in [3.05, 3.63) is 152 Å². The number of para-hydroxylation sites is 1. The van der Waals surface area contributed by atoms with E-state index < -0.39 is 0 Å². The number of rotatable bonds is 5. The molecule has 0 saturated heterocycles. The standard InChI is InChI=1S/C36H25N3/c1-5-13-26(14-6-1)29-23-30(27-15-7-2-8-16-27)25-31(24-29)35-38-34-33(28-17-9-3-10-18-28)21-22-37-36(34)39(35)32-19-11-4-12-20-32/h1-25H. The lowest BCUT2D eigenvalue weighted by molar-refractivity contribution is 1.08. The normalized spacial score (nSPS) is 11.1. The van der Waals surface area contributed by atoms with E-state index in [-0.39, 0.29) is 0 Å². The first-order chi connectivity index (χ1) is 19.3. The fraction of sp³-hybridized carbons (Fsp3) is 0. The van der Waals surface area contributed by atoms with Crippen LogP contribution in [0.4, 0.5) is 0 Å². The van der Waals surface area contributed by atoms with E-state index in [1.165, 1.54) is 11.1 Å². The van der Waals surface area contributed by atoms with Crippen molar-refractivity contribution in [3.63, 3.8) is 0 Å². The van der Waals surface area contributed by atoms with Crippen LogP contribution in [-0.4, -0.2) is 14.5 Å². The Kier molecular flexibility index (Phi) is 5.80. The summed E-state index contributed by atoms with van der Waals surface area (Å²) in [6.45, 7) is 0. The monoisotopic (exact) mass is 499 g/mol. The van der Waals surface area contributed by atoms with Crippen LogP contribution >= 0.6 is 0 Å². The van der Waals surface area contributed by atoms with Gasteiger partial charge in [-0.3, -0.25) is 4.57 Å². The van der Waals surface area contributed by atoms with Gasteiger partial charge < -0.3 is 0 Å². The summed E-state index contributed by atoms with van der Waals surface area (Å²) >= 11 is 0. The molecule has 5 aromatic carbocycles. The third kappa shape index (κ3) is 4.30. The van der Waals surface area contributed by atoms with Crippen LogP contribution in [0.25, 0.3) is 61.6 Å². The molecule has 0 aliphatic carbocycles. The molecule has 0 unspecified atom stereocenters. The molecule has 3 nitrogen and oxygen atoms in total. The summed E-state index contributed by atoms with van der Waals surface area (Å²) in [6, 6.07) is 50.6. The van der Waals surface area contributed by atoms with Gasteiger partial charge in [-0.05, 0) is 64.2 Å². The Balaban J connectivity index is 1.54. The van der Waals surface area contributed by atoms with Crippen molar-refractivity contribution in [3.8, 4) is 50.5 Å². The van der Waals surface area contributed by atoms with Gasteiger partial charge in [0.2, 0.25) is 0 Å². The zero-order valence-corrected chi connectivity index (χ0v) is 21.3. The molecule has 0 fully saturated rings. The maximum absolute atomic E-state index is 5.31. The van der Waals surface area contributed by atoms with Gasteiger partial charge >= 0.3 is 0 Å². The number of nitrogens with zero attached hydrogens (tertiary/aromatic N) is 3. The van der Waals surface area contributed by atoms with E-state index >= 15 is 0 Å². The molecule has 0 atom stereocenters. The second-order valence-corrected chi connectivity index (χ2v) is 9.53. The predicted octanol–water partition coefficient (Wildman–Crippen LogP) is 9.09. The molecule has 0 spiro atoms. The van der Waals surface area contributed by atoms with E-state index in [4.69, 9.17) is 9.97 Å². The van der Waals surface area contributed by atoms with E-state index in [9.17, 15) is 0 Å². The average Bonchev–Trinajstić information content (AvgIpc) is 3.43. The topological polar surface area (TPSA) is 30.7 Å². The summed E-state index contributed by atoms with van der Waals surface area (Å²) in [5.41, 5.74) is 10.6. The van der Waals surface area contributed by atoms with Crippen molar-refractivity contribution in [2.45, 2.75) is 0 Å². The molecule has 3 heteroatoms. The molecule has 0 amide bonds. The van der Waals surface area contributed by atoms with E-state index in [1.54, 1.807) is 0 Å². The zero-order chi connectivity index (χ0) is 26.0. The Bertz CT molecular complexity index is 1820. The molecule has 0 aliphatic heterocycles. The highest BCUT2D eigenvalue weighted by atomic mass is 15.1. The summed E-state index contributed by atoms with van der Waals surface area (Å²) in [7, 11) is 0. The van der Waals surface area contributed by atoms with Crippen LogP contribution in [0.3, 0.4) is 0 Å². The van der Waals surface area contributed by atoms with Crippen molar-refractivity contribution in [2.24, 2.45) is 0 Å². The molecular weight excluding hydrogens is 474 g/mol. The minimum absolute atomic E-state index is 0.837. The van der Waals surface area contributed by atoms with Crippen LogP contribution in [-0.2, 0) is 0 Å². The number of hydrogen-bond donors (Lipinski definition) is 0. The summed E-state index contributed by atoms with van der Waals surface area (Å²) in [4.78, 5) is 10.2. The summed E-state index contributed by atoms with van der Waals surface area (Å²) in [5.74, 6) is 0.863. The predicted molar refractivity (Wildman–Crippen MR) is 161 cm³/mol. The number of pyridine rings is 1. The number of aromatic nitrogens is 3. The number of imidazole rings is 1. The minimum Gasteiger partial charge on any atom is -0.277 e.